The number of benzene rings is 1. The van der Waals surface area contributed by atoms with Crippen LogP contribution in [0.3, 0.4) is 0 Å². The van der Waals surface area contributed by atoms with Gasteiger partial charge in [0.25, 0.3) is 0 Å². The summed E-state index contributed by atoms with van der Waals surface area (Å²) >= 11 is 9.55. The summed E-state index contributed by atoms with van der Waals surface area (Å²) in [6.45, 7) is 0. The minimum atomic E-state index is 0.627. The van der Waals surface area contributed by atoms with Crippen LogP contribution in [0.2, 0.25) is 5.02 Å². The molecule has 17 heavy (non-hydrogen) atoms. The van der Waals surface area contributed by atoms with E-state index in [9.17, 15) is 0 Å². The van der Waals surface area contributed by atoms with Crippen molar-refractivity contribution in [2.75, 3.05) is 0 Å². The maximum Gasteiger partial charge on any atom is 0.183 e. The Morgan fingerprint density at radius 1 is 1.06 bits per heavy atom. The fraction of sp³-hybridized carbons (Fsp3) is 0. The van der Waals surface area contributed by atoms with E-state index in [1.54, 1.807) is 4.52 Å². The first-order chi connectivity index (χ1) is 8.25. The molecule has 0 bridgehead atoms. The Labute approximate surface area is 111 Å². The lowest BCUT2D eigenvalue weighted by molar-refractivity contribution is 0.940. The van der Waals surface area contributed by atoms with Crippen LogP contribution in [0.25, 0.3) is 17.0 Å². The van der Waals surface area contributed by atoms with E-state index in [1.165, 1.54) is 0 Å². The molecule has 5 heteroatoms. The van der Waals surface area contributed by atoms with E-state index in [4.69, 9.17) is 11.6 Å². The number of nitrogens with zero attached hydrogens (tertiary/aromatic N) is 3. The van der Waals surface area contributed by atoms with E-state index in [-0.39, 0.29) is 0 Å². The summed E-state index contributed by atoms with van der Waals surface area (Å²) in [4.78, 5) is 4.44. The lowest BCUT2D eigenvalue weighted by Gasteiger charge is -1.96. The highest BCUT2D eigenvalue weighted by atomic mass is 79.9. The Hall–Kier alpha value is -1.39. The molecule has 0 spiro atoms. The van der Waals surface area contributed by atoms with Crippen molar-refractivity contribution in [1.29, 1.82) is 0 Å². The highest BCUT2D eigenvalue weighted by molar-refractivity contribution is 9.10. The predicted octanol–water partition coefficient (Wildman–Crippen LogP) is 3.81. The molecule has 3 aromatic rings. The van der Waals surface area contributed by atoms with Crippen LogP contribution in [0.4, 0.5) is 0 Å². The molecule has 0 N–H and O–H groups in total. The van der Waals surface area contributed by atoms with Crippen molar-refractivity contribution in [2.45, 2.75) is 0 Å². The first-order valence-electron chi connectivity index (χ1n) is 5.02. The third-order valence-corrected chi connectivity index (χ3v) is 3.36. The molecule has 2 aromatic heterocycles. The average Bonchev–Trinajstić information content (AvgIpc) is 2.75. The standard InChI is InChI=1S/C12H7BrClN3/c13-10-6-3-7-11-15-12(16-17(10)11)8-4-1-2-5-9(8)14/h1-7H. The molecule has 84 valence electrons. The van der Waals surface area contributed by atoms with Crippen LogP contribution >= 0.6 is 27.5 Å². The highest BCUT2D eigenvalue weighted by Gasteiger charge is 2.10. The van der Waals surface area contributed by atoms with Crippen molar-refractivity contribution in [2.24, 2.45) is 0 Å². The maximum atomic E-state index is 6.13. The van der Waals surface area contributed by atoms with E-state index in [0.717, 1.165) is 15.8 Å². The lowest BCUT2D eigenvalue weighted by Crippen LogP contribution is -1.88. The molecule has 0 atom stereocenters. The van der Waals surface area contributed by atoms with Gasteiger partial charge in [-0.1, -0.05) is 29.8 Å². The highest BCUT2D eigenvalue weighted by Crippen LogP contribution is 2.25. The van der Waals surface area contributed by atoms with Crippen molar-refractivity contribution >= 4 is 33.2 Å². The van der Waals surface area contributed by atoms with Crippen LogP contribution in [-0.4, -0.2) is 14.6 Å². The normalized spacial score (nSPS) is 10.9. The van der Waals surface area contributed by atoms with E-state index in [0.29, 0.717) is 10.8 Å². The van der Waals surface area contributed by atoms with Gasteiger partial charge in [-0.2, -0.15) is 0 Å². The number of hydrogen-bond acceptors (Lipinski definition) is 2. The van der Waals surface area contributed by atoms with Crippen LogP contribution in [0.5, 0.6) is 0 Å². The van der Waals surface area contributed by atoms with E-state index in [1.807, 2.05) is 42.5 Å². The van der Waals surface area contributed by atoms with Gasteiger partial charge in [0.05, 0.1) is 5.02 Å². The van der Waals surface area contributed by atoms with Crippen LogP contribution in [-0.2, 0) is 0 Å². The molecule has 0 aliphatic rings. The zero-order valence-corrected chi connectivity index (χ0v) is 11.0. The van der Waals surface area contributed by atoms with Crippen molar-refractivity contribution in [1.82, 2.24) is 14.6 Å². The molecule has 1 aromatic carbocycles. The van der Waals surface area contributed by atoms with Gasteiger partial charge in [0.2, 0.25) is 0 Å². The molecule has 0 amide bonds. The molecule has 0 fully saturated rings. The Balaban J connectivity index is 2.26. The van der Waals surface area contributed by atoms with Crippen molar-refractivity contribution in [3.8, 4) is 11.4 Å². The molecule has 3 nitrogen and oxygen atoms in total. The molecule has 0 saturated heterocycles. The minimum absolute atomic E-state index is 0.627. The lowest BCUT2D eigenvalue weighted by atomic mass is 10.2. The largest absolute Gasteiger partial charge is 0.207 e. The summed E-state index contributed by atoms with van der Waals surface area (Å²) in [6.07, 6.45) is 0. The summed E-state index contributed by atoms with van der Waals surface area (Å²) in [5, 5.41) is 5.07. The van der Waals surface area contributed by atoms with Crippen molar-refractivity contribution < 1.29 is 0 Å². The molecule has 3 rings (SSSR count). The predicted molar refractivity (Wildman–Crippen MR) is 71.1 cm³/mol. The van der Waals surface area contributed by atoms with Gasteiger partial charge in [0.15, 0.2) is 11.5 Å². The van der Waals surface area contributed by atoms with Gasteiger partial charge in [0, 0.05) is 5.56 Å². The Morgan fingerprint density at radius 3 is 2.65 bits per heavy atom. The van der Waals surface area contributed by atoms with Gasteiger partial charge in [-0.05, 0) is 40.2 Å². The van der Waals surface area contributed by atoms with E-state index >= 15 is 0 Å². The van der Waals surface area contributed by atoms with E-state index in [2.05, 4.69) is 26.0 Å². The number of rotatable bonds is 1. The summed E-state index contributed by atoms with van der Waals surface area (Å²) in [6, 6.07) is 13.3. The third kappa shape index (κ3) is 1.83. The topological polar surface area (TPSA) is 30.2 Å². The van der Waals surface area contributed by atoms with E-state index < -0.39 is 0 Å². The Bertz CT molecular complexity index is 693. The fourth-order valence-electron chi connectivity index (χ4n) is 1.63. The Kier molecular flexibility index (Phi) is 2.61. The second kappa shape index (κ2) is 4.13. The van der Waals surface area contributed by atoms with Gasteiger partial charge in [-0.25, -0.2) is 9.50 Å². The quantitative estimate of drug-likeness (QED) is 0.640. The van der Waals surface area contributed by atoms with Gasteiger partial charge in [-0.3, -0.25) is 0 Å². The van der Waals surface area contributed by atoms with Crippen molar-refractivity contribution in [3.05, 3.63) is 52.1 Å². The van der Waals surface area contributed by atoms with Gasteiger partial charge >= 0.3 is 0 Å². The smallest absolute Gasteiger partial charge is 0.183 e. The first-order valence-corrected chi connectivity index (χ1v) is 6.19. The monoisotopic (exact) mass is 307 g/mol. The Morgan fingerprint density at radius 2 is 1.88 bits per heavy atom. The molecule has 0 aliphatic carbocycles. The molecule has 2 heterocycles. The minimum Gasteiger partial charge on any atom is -0.207 e. The first kappa shape index (κ1) is 10.7. The number of halogens is 2. The molecular weight excluding hydrogens is 302 g/mol. The number of aromatic nitrogens is 3. The van der Waals surface area contributed by atoms with Crippen LogP contribution in [0, 0.1) is 0 Å². The van der Waals surface area contributed by atoms with Gasteiger partial charge < -0.3 is 0 Å². The van der Waals surface area contributed by atoms with Crippen LogP contribution < -0.4 is 0 Å². The molecule has 0 saturated carbocycles. The van der Waals surface area contributed by atoms with Crippen LogP contribution in [0.15, 0.2) is 47.1 Å². The molecule has 0 aliphatic heterocycles. The zero-order chi connectivity index (χ0) is 11.8. The molecule has 0 unspecified atom stereocenters. The van der Waals surface area contributed by atoms with Crippen LogP contribution in [0.1, 0.15) is 0 Å². The number of fused-ring (bicyclic) bond motifs is 1. The summed E-state index contributed by atoms with van der Waals surface area (Å²) in [7, 11) is 0. The fourth-order valence-corrected chi connectivity index (χ4v) is 2.26. The third-order valence-electron chi connectivity index (χ3n) is 2.43. The van der Waals surface area contributed by atoms with Crippen molar-refractivity contribution in [3.63, 3.8) is 0 Å². The average molecular weight is 309 g/mol. The van der Waals surface area contributed by atoms with Gasteiger partial charge in [0.1, 0.15) is 4.60 Å². The maximum absolute atomic E-state index is 6.13. The number of hydrogen-bond donors (Lipinski definition) is 0. The second-order valence-corrected chi connectivity index (χ2v) is 4.75. The number of pyridine rings is 1. The van der Waals surface area contributed by atoms with Gasteiger partial charge in [-0.15, -0.1) is 5.10 Å². The SMILES string of the molecule is Clc1ccccc1-c1nc2cccc(Br)n2n1. The second-order valence-electron chi connectivity index (χ2n) is 3.53. The zero-order valence-electron chi connectivity index (χ0n) is 8.64. The summed E-state index contributed by atoms with van der Waals surface area (Å²) in [5.41, 5.74) is 1.62. The molecular formula is C12H7BrClN3. The molecule has 0 radical (unpaired) electrons. The summed E-state index contributed by atoms with van der Waals surface area (Å²) in [5.74, 6) is 0.627. The summed E-state index contributed by atoms with van der Waals surface area (Å²) < 4.78 is 2.60.